The highest BCUT2D eigenvalue weighted by molar-refractivity contribution is 5.79. The lowest BCUT2D eigenvalue weighted by Gasteiger charge is -2.18. The minimum absolute atomic E-state index is 0.660. The zero-order valence-electron chi connectivity index (χ0n) is 18.1. The highest BCUT2D eigenvalue weighted by atomic mass is 16.5. The second-order valence-corrected chi connectivity index (χ2v) is 7.57. The van der Waals surface area contributed by atoms with Gasteiger partial charge in [0.15, 0.2) is 5.96 Å². The van der Waals surface area contributed by atoms with E-state index in [2.05, 4.69) is 52.6 Å². The Kier molecular flexibility index (Phi) is 10.1. The van der Waals surface area contributed by atoms with Crippen LogP contribution >= 0.6 is 0 Å². The average molecular weight is 391 g/mol. The van der Waals surface area contributed by atoms with Crippen LogP contribution in [0, 0.1) is 12.8 Å². The first-order valence-electron chi connectivity index (χ1n) is 10.5. The lowest BCUT2D eigenvalue weighted by molar-refractivity contribution is 0.171. The number of nitrogens with one attached hydrogen (secondary N) is 2. The molecule has 0 amide bonds. The van der Waals surface area contributed by atoms with E-state index in [0.717, 1.165) is 30.2 Å². The number of hydrogen-bond donors (Lipinski definition) is 2. The zero-order valence-corrected chi connectivity index (χ0v) is 18.1. The Labute approximate surface area is 170 Å². The van der Waals surface area contributed by atoms with Gasteiger partial charge in [-0.25, -0.2) is 0 Å². The highest BCUT2D eigenvalue weighted by Crippen LogP contribution is 2.20. The first-order chi connectivity index (χ1) is 13.7. The van der Waals surface area contributed by atoms with Gasteiger partial charge in [-0.3, -0.25) is 4.99 Å². The summed E-state index contributed by atoms with van der Waals surface area (Å²) in [5, 5.41) is 6.92. The molecule has 2 N–H and O–H groups in total. The van der Waals surface area contributed by atoms with Gasteiger partial charge in [0.2, 0.25) is 0 Å². The maximum Gasteiger partial charge on any atom is 0.191 e. The normalized spacial score (nSPS) is 17.7. The minimum atomic E-state index is 0.660. The van der Waals surface area contributed by atoms with Gasteiger partial charge < -0.3 is 25.0 Å². The van der Waals surface area contributed by atoms with Gasteiger partial charge >= 0.3 is 0 Å². The molecule has 1 atom stereocenters. The van der Waals surface area contributed by atoms with Crippen LogP contribution in [0.5, 0.6) is 5.75 Å². The van der Waals surface area contributed by atoms with Crippen LogP contribution in [0.15, 0.2) is 23.2 Å². The van der Waals surface area contributed by atoms with E-state index in [1.165, 1.54) is 38.0 Å². The van der Waals surface area contributed by atoms with Gasteiger partial charge in [-0.2, -0.15) is 0 Å². The summed E-state index contributed by atoms with van der Waals surface area (Å²) in [4.78, 5) is 6.93. The van der Waals surface area contributed by atoms with Gasteiger partial charge in [-0.05, 0) is 50.4 Å². The van der Waals surface area contributed by atoms with Gasteiger partial charge in [0.1, 0.15) is 5.75 Å². The van der Waals surface area contributed by atoms with E-state index >= 15 is 0 Å². The molecule has 0 saturated carbocycles. The van der Waals surface area contributed by atoms with Crippen molar-refractivity contribution in [1.29, 1.82) is 0 Å². The van der Waals surface area contributed by atoms with Gasteiger partial charge in [0, 0.05) is 52.4 Å². The summed E-state index contributed by atoms with van der Waals surface area (Å²) in [6, 6.07) is 6.35. The molecule has 0 spiro atoms. The summed E-state index contributed by atoms with van der Waals surface area (Å²) < 4.78 is 11.1. The Morgan fingerprint density at radius 2 is 2.14 bits per heavy atom. The molecule has 0 aromatic heterocycles. The van der Waals surface area contributed by atoms with Crippen LogP contribution < -0.4 is 15.4 Å². The van der Waals surface area contributed by atoms with Crippen molar-refractivity contribution in [3.63, 3.8) is 0 Å². The Morgan fingerprint density at radius 1 is 1.29 bits per heavy atom. The predicted octanol–water partition coefficient (Wildman–Crippen LogP) is 2.81. The third-order valence-corrected chi connectivity index (χ3v) is 5.11. The molecule has 2 rings (SSSR count). The lowest BCUT2D eigenvalue weighted by atomic mass is 10.1. The minimum Gasteiger partial charge on any atom is -0.493 e. The van der Waals surface area contributed by atoms with E-state index in [1.54, 1.807) is 7.11 Å². The number of guanidine groups is 1. The molecular weight excluding hydrogens is 352 g/mol. The third kappa shape index (κ3) is 7.68. The molecule has 1 heterocycles. The van der Waals surface area contributed by atoms with Crippen LogP contribution in [0.25, 0.3) is 0 Å². The van der Waals surface area contributed by atoms with Crippen LogP contribution in [-0.2, 0) is 11.3 Å². The summed E-state index contributed by atoms with van der Waals surface area (Å²) in [7, 11) is 3.54. The van der Waals surface area contributed by atoms with E-state index in [9.17, 15) is 0 Å². The Balaban J connectivity index is 1.80. The highest BCUT2D eigenvalue weighted by Gasteiger charge is 2.21. The van der Waals surface area contributed by atoms with Crippen LogP contribution in [0.1, 0.15) is 37.3 Å². The van der Waals surface area contributed by atoms with Gasteiger partial charge in [0.05, 0.1) is 6.61 Å². The molecule has 1 fully saturated rings. The number of aryl methyl sites for hydroxylation is 1. The molecule has 0 radical (unpaired) electrons. The first kappa shape index (κ1) is 22.5. The fourth-order valence-electron chi connectivity index (χ4n) is 3.57. The number of nitrogens with zero attached hydrogens (tertiary/aromatic N) is 2. The molecule has 1 aliphatic rings. The standard InChI is InChI=1S/C22H38N4O2/c1-5-10-26-11-9-19(17-26)15-24-22(23-3)25-16-20-8-7-18(2)14-21(20)28-13-6-12-27-4/h7-8,14,19H,5-6,9-13,15-17H2,1-4H3,(H2,23,24,25). The molecule has 1 saturated heterocycles. The number of aliphatic imine (C=N–C) groups is 1. The molecule has 1 unspecified atom stereocenters. The second-order valence-electron chi connectivity index (χ2n) is 7.57. The Bertz CT molecular complexity index is 606. The smallest absolute Gasteiger partial charge is 0.191 e. The molecule has 6 heteroatoms. The summed E-state index contributed by atoms with van der Waals surface area (Å²) in [6.45, 7) is 11.0. The maximum atomic E-state index is 5.98. The quantitative estimate of drug-likeness (QED) is 0.346. The third-order valence-electron chi connectivity index (χ3n) is 5.11. The van der Waals surface area contributed by atoms with Gasteiger partial charge in [0.25, 0.3) is 0 Å². The van der Waals surface area contributed by atoms with Crippen LogP contribution in [-0.4, -0.2) is 64.4 Å². The van der Waals surface area contributed by atoms with E-state index in [0.29, 0.717) is 25.7 Å². The molecule has 28 heavy (non-hydrogen) atoms. The van der Waals surface area contributed by atoms with Crippen molar-refractivity contribution in [3.8, 4) is 5.75 Å². The number of hydrogen-bond acceptors (Lipinski definition) is 4. The fourth-order valence-corrected chi connectivity index (χ4v) is 3.57. The molecule has 1 aromatic carbocycles. The number of likely N-dealkylation sites (tertiary alicyclic amines) is 1. The zero-order chi connectivity index (χ0) is 20.2. The molecule has 0 aliphatic carbocycles. The SMILES string of the molecule is CCCN1CCC(CNC(=NC)NCc2ccc(C)cc2OCCCOC)C1. The van der Waals surface area contributed by atoms with Gasteiger partial charge in [-0.15, -0.1) is 0 Å². The monoisotopic (exact) mass is 390 g/mol. The average Bonchev–Trinajstić information content (AvgIpc) is 3.14. The van der Waals surface area contributed by atoms with Crippen molar-refractivity contribution in [3.05, 3.63) is 29.3 Å². The largest absolute Gasteiger partial charge is 0.493 e. The van der Waals surface area contributed by atoms with Crippen molar-refractivity contribution in [2.75, 3.05) is 53.6 Å². The number of methoxy groups -OCH3 is 1. The Morgan fingerprint density at radius 3 is 2.89 bits per heavy atom. The van der Waals surface area contributed by atoms with Crippen molar-refractivity contribution in [2.45, 2.75) is 39.7 Å². The summed E-state index contributed by atoms with van der Waals surface area (Å²) in [5.41, 5.74) is 2.34. The fraction of sp³-hybridized carbons (Fsp3) is 0.682. The first-order valence-corrected chi connectivity index (χ1v) is 10.5. The molecule has 1 aliphatic heterocycles. The lowest BCUT2D eigenvalue weighted by Crippen LogP contribution is -2.40. The van der Waals surface area contributed by atoms with E-state index in [-0.39, 0.29) is 0 Å². The predicted molar refractivity (Wildman–Crippen MR) is 116 cm³/mol. The molecular formula is C22H38N4O2. The van der Waals surface area contributed by atoms with E-state index < -0.39 is 0 Å². The van der Waals surface area contributed by atoms with Crippen molar-refractivity contribution in [2.24, 2.45) is 10.9 Å². The molecule has 158 valence electrons. The van der Waals surface area contributed by atoms with Crippen LogP contribution in [0.2, 0.25) is 0 Å². The summed E-state index contributed by atoms with van der Waals surface area (Å²) in [5.74, 6) is 2.48. The molecule has 1 aromatic rings. The summed E-state index contributed by atoms with van der Waals surface area (Å²) >= 11 is 0. The maximum absolute atomic E-state index is 5.98. The number of benzene rings is 1. The van der Waals surface area contributed by atoms with E-state index in [4.69, 9.17) is 9.47 Å². The second kappa shape index (κ2) is 12.6. The van der Waals surface area contributed by atoms with Crippen LogP contribution in [0.4, 0.5) is 0 Å². The van der Waals surface area contributed by atoms with Crippen molar-refractivity contribution >= 4 is 5.96 Å². The number of ether oxygens (including phenoxy) is 2. The van der Waals surface area contributed by atoms with Crippen molar-refractivity contribution in [1.82, 2.24) is 15.5 Å². The van der Waals surface area contributed by atoms with Gasteiger partial charge in [-0.1, -0.05) is 19.1 Å². The summed E-state index contributed by atoms with van der Waals surface area (Å²) in [6.07, 6.45) is 3.38. The van der Waals surface area contributed by atoms with Crippen LogP contribution in [0.3, 0.4) is 0 Å². The topological polar surface area (TPSA) is 58.1 Å². The number of rotatable bonds is 11. The molecule has 6 nitrogen and oxygen atoms in total. The Hall–Kier alpha value is -1.79. The van der Waals surface area contributed by atoms with E-state index in [1.807, 2.05) is 7.05 Å². The molecule has 0 bridgehead atoms. The van der Waals surface area contributed by atoms with Crippen molar-refractivity contribution < 1.29 is 9.47 Å².